The van der Waals surface area contributed by atoms with Crippen LogP contribution in [-0.2, 0) is 13.1 Å². The van der Waals surface area contributed by atoms with Crippen molar-refractivity contribution < 1.29 is 14.3 Å². The molecule has 0 saturated heterocycles. The van der Waals surface area contributed by atoms with Crippen LogP contribution in [0.2, 0.25) is 10.0 Å². The molecule has 0 radical (unpaired) electrons. The van der Waals surface area contributed by atoms with Crippen LogP contribution < -0.4 is 5.32 Å². The fraction of sp³-hybridized carbons (Fsp3) is 0.105. The lowest BCUT2D eigenvalue weighted by molar-refractivity contribution is 0.0697. The van der Waals surface area contributed by atoms with E-state index in [-0.39, 0.29) is 5.56 Å². The summed E-state index contributed by atoms with van der Waals surface area (Å²) in [4.78, 5) is 10.8. The monoisotopic (exact) mass is 375 g/mol. The molecule has 0 aliphatic rings. The summed E-state index contributed by atoms with van der Waals surface area (Å²) in [6.45, 7) is 1.16. The summed E-state index contributed by atoms with van der Waals surface area (Å²) in [5, 5.41) is 13.3. The largest absolute Gasteiger partial charge is 0.478 e. The molecule has 3 aromatic rings. The highest BCUT2D eigenvalue weighted by Gasteiger charge is 2.07. The van der Waals surface area contributed by atoms with Gasteiger partial charge in [-0.15, -0.1) is 0 Å². The van der Waals surface area contributed by atoms with E-state index >= 15 is 0 Å². The highest BCUT2D eigenvalue weighted by atomic mass is 35.5. The van der Waals surface area contributed by atoms with E-state index in [0.717, 1.165) is 16.9 Å². The summed E-state index contributed by atoms with van der Waals surface area (Å²) in [5.74, 6) is 0.559. The van der Waals surface area contributed by atoms with E-state index in [1.54, 1.807) is 42.5 Å². The number of furan rings is 1. The number of nitrogens with one attached hydrogen (secondary N) is 1. The molecule has 6 heteroatoms. The van der Waals surface area contributed by atoms with Crippen LogP contribution in [-0.4, -0.2) is 11.1 Å². The zero-order valence-corrected chi connectivity index (χ0v) is 14.6. The fourth-order valence-corrected chi connectivity index (χ4v) is 2.95. The van der Waals surface area contributed by atoms with Crippen LogP contribution >= 0.6 is 23.2 Å². The predicted molar refractivity (Wildman–Crippen MR) is 98.1 cm³/mol. The molecule has 0 fully saturated rings. The molecule has 0 atom stereocenters. The molecule has 4 nitrogen and oxygen atoms in total. The zero-order valence-electron chi connectivity index (χ0n) is 13.1. The number of carbonyl (C=O) groups is 1. The van der Waals surface area contributed by atoms with E-state index in [0.29, 0.717) is 28.9 Å². The van der Waals surface area contributed by atoms with E-state index in [2.05, 4.69) is 5.32 Å². The number of hydrogen-bond donors (Lipinski definition) is 2. The number of halogens is 2. The van der Waals surface area contributed by atoms with Gasteiger partial charge in [-0.25, -0.2) is 4.79 Å². The van der Waals surface area contributed by atoms with Crippen LogP contribution in [0, 0.1) is 0 Å². The third kappa shape index (κ3) is 4.63. The van der Waals surface area contributed by atoms with Crippen molar-refractivity contribution in [2.45, 2.75) is 13.1 Å². The van der Waals surface area contributed by atoms with Crippen LogP contribution in [0.3, 0.4) is 0 Å². The maximum absolute atomic E-state index is 10.8. The molecule has 0 amide bonds. The van der Waals surface area contributed by atoms with Gasteiger partial charge in [0.25, 0.3) is 0 Å². The van der Waals surface area contributed by atoms with Gasteiger partial charge in [-0.3, -0.25) is 0 Å². The van der Waals surface area contributed by atoms with Crippen molar-refractivity contribution in [2.75, 3.05) is 0 Å². The normalized spacial score (nSPS) is 10.8. The Morgan fingerprint density at radius 2 is 1.64 bits per heavy atom. The van der Waals surface area contributed by atoms with Crippen LogP contribution in [0.4, 0.5) is 0 Å². The summed E-state index contributed by atoms with van der Waals surface area (Å²) < 4.78 is 5.81. The standard InChI is InChI=1S/C19H15Cl2NO3/c20-15-7-14(8-16(21)9-15)18-6-5-17(25-18)11-22-10-12-1-3-13(4-2-12)19(23)24/h1-9,22H,10-11H2,(H,23,24). The number of rotatable bonds is 6. The number of benzene rings is 2. The van der Waals surface area contributed by atoms with Gasteiger partial charge < -0.3 is 14.8 Å². The topological polar surface area (TPSA) is 62.5 Å². The van der Waals surface area contributed by atoms with Crippen LogP contribution in [0.1, 0.15) is 21.7 Å². The van der Waals surface area contributed by atoms with E-state index in [4.69, 9.17) is 32.7 Å². The molecule has 2 aromatic carbocycles. The first-order valence-corrected chi connectivity index (χ1v) is 8.35. The smallest absolute Gasteiger partial charge is 0.335 e. The average Bonchev–Trinajstić information content (AvgIpc) is 3.03. The van der Waals surface area contributed by atoms with Crippen molar-refractivity contribution in [3.8, 4) is 11.3 Å². The molecule has 2 N–H and O–H groups in total. The minimum Gasteiger partial charge on any atom is -0.478 e. The second-order valence-corrected chi connectivity index (χ2v) is 6.40. The second kappa shape index (κ2) is 7.74. The molecule has 0 aliphatic carbocycles. The summed E-state index contributed by atoms with van der Waals surface area (Å²) in [6.07, 6.45) is 0. The maximum Gasteiger partial charge on any atom is 0.335 e. The van der Waals surface area contributed by atoms with Gasteiger partial charge in [0.05, 0.1) is 12.1 Å². The van der Waals surface area contributed by atoms with Gasteiger partial charge >= 0.3 is 5.97 Å². The first kappa shape index (κ1) is 17.5. The Kier molecular flexibility index (Phi) is 5.43. The van der Waals surface area contributed by atoms with Gasteiger partial charge in [0.15, 0.2) is 0 Å². The van der Waals surface area contributed by atoms with Gasteiger partial charge in [-0.2, -0.15) is 0 Å². The molecule has 3 rings (SSSR count). The third-order valence-corrected chi connectivity index (χ3v) is 4.07. The van der Waals surface area contributed by atoms with Gasteiger partial charge in [0, 0.05) is 22.2 Å². The van der Waals surface area contributed by atoms with Crippen molar-refractivity contribution in [3.63, 3.8) is 0 Å². The average molecular weight is 376 g/mol. The minimum atomic E-state index is -0.927. The molecule has 0 bridgehead atoms. The second-order valence-electron chi connectivity index (χ2n) is 5.53. The van der Waals surface area contributed by atoms with Crippen molar-refractivity contribution in [2.24, 2.45) is 0 Å². The first-order valence-electron chi connectivity index (χ1n) is 7.59. The molecule has 0 unspecified atom stereocenters. The Labute approximate surface area is 155 Å². The maximum atomic E-state index is 10.8. The van der Waals surface area contributed by atoms with Crippen molar-refractivity contribution >= 4 is 29.2 Å². The van der Waals surface area contributed by atoms with Crippen LogP contribution in [0.25, 0.3) is 11.3 Å². The molecular weight excluding hydrogens is 361 g/mol. The molecule has 1 heterocycles. The molecule has 0 spiro atoms. The molecule has 0 saturated carbocycles. The summed E-state index contributed by atoms with van der Waals surface area (Å²) >= 11 is 12.0. The quantitative estimate of drug-likeness (QED) is 0.618. The Bertz CT molecular complexity index is 868. The van der Waals surface area contributed by atoms with E-state index in [9.17, 15) is 4.79 Å². The van der Waals surface area contributed by atoms with E-state index in [1.807, 2.05) is 12.1 Å². The highest BCUT2D eigenvalue weighted by molar-refractivity contribution is 6.35. The van der Waals surface area contributed by atoms with E-state index in [1.165, 1.54) is 0 Å². The zero-order chi connectivity index (χ0) is 17.8. The molecule has 0 aliphatic heterocycles. The van der Waals surface area contributed by atoms with Gasteiger partial charge in [0.1, 0.15) is 11.5 Å². The van der Waals surface area contributed by atoms with Crippen molar-refractivity contribution in [3.05, 3.63) is 81.5 Å². The summed E-state index contributed by atoms with van der Waals surface area (Å²) in [5.41, 5.74) is 2.10. The third-order valence-electron chi connectivity index (χ3n) is 3.64. The lowest BCUT2D eigenvalue weighted by Gasteiger charge is -2.04. The fourth-order valence-electron chi connectivity index (χ4n) is 2.42. The first-order chi connectivity index (χ1) is 12.0. The van der Waals surface area contributed by atoms with Crippen molar-refractivity contribution in [1.82, 2.24) is 5.32 Å². The van der Waals surface area contributed by atoms with Gasteiger partial charge in [0.2, 0.25) is 0 Å². The molecule has 1 aromatic heterocycles. The summed E-state index contributed by atoms with van der Waals surface area (Å²) in [7, 11) is 0. The van der Waals surface area contributed by atoms with Gasteiger partial charge in [-0.05, 0) is 48.0 Å². The summed E-state index contributed by atoms with van der Waals surface area (Å²) in [6, 6.07) is 15.8. The predicted octanol–water partition coefficient (Wildman–Crippen LogP) is 5.24. The number of hydrogen-bond acceptors (Lipinski definition) is 3. The molecule has 128 valence electrons. The minimum absolute atomic E-state index is 0.277. The highest BCUT2D eigenvalue weighted by Crippen LogP contribution is 2.28. The Morgan fingerprint density at radius 3 is 2.28 bits per heavy atom. The van der Waals surface area contributed by atoms with Crippen LogP contribution in [0.15, 0.2) is 59.0 Å². The van der Waals surface area contributed by atoms with Gasteiger partial charge in [-0.1, -0.05) is 35.3 Å². The SMILES string of the molecule is O=C(O)c1ccc(CNCc2ccc(-c3cc(Cl)cc(Cl)c3)o2)cc1. The molecule has 25 heavy (non-hydrogen) atoms. The number of aromatic carboxylic acids is 1. The lowest BCUT2D eigenvalue weighted by atomic mass is 10.1. The van der Waals surface area contributed by atoms with Crippen molar-refractivity contribution in [1.29, 1.82) is 0 Å². The Morgan fingerprint density at radius 1 is 0.960 bits per heavy atom. The Hall–Kier alpha value is -2.27. The number of carboxylic acid groups (broad SMARTS) is 1. The number of carboxylic acids is 1. The van der Waals surface area contributed by atoms with Crippen LogP contribution in [0.5, 0.6) is 0 Å². The van der Waals surface area contributed by atoms with E-state index < -0.39 is 5.97 Å². The molecular formula is C19H15Cl2NO3. The lowest BCUT2D eigenvalue weighted by Crippen LogP contribution is -2.12. The Balaban J connectivity index is 1.59.